The molecule has 6 aromatic rings. The molecule has 0 saturated carbocycles. The average molecular weight is 573 g/mol. The van der Waals surface area contributed by atoms with Gasteiger partial charge in [-0.25, -0.2) is 0 Å². The van der Waals surface area contributed by atoms with Crippen molar-refractivity contribution in [2.75, 3.05) is 0 Å². The summed E-state index contributed by atoms with van der Waals surface area (Å²) in [6, 6.07) is 35.9. The van der Waals surface area contributed by atoms with E-state index in [-0.39, 0.29) is 12.8 Å². The van der Waals surface area contributed by atoms with E-state index in [1.165, 1.54) is 0 Å². The summed E-state index contributed by atoms with van der Waals surface area (Å²) < 4.78 is 14.9. The minimum atomic E-state index is -0.937. The van der Waals surface area contributed by atoms with Gasteiger partial charge in [0.15, 0.2) is 12.5 Å². The van der Waals surface area contributed by atoms with Crippen LogP contribution in [0, 0.1) is 0 Å². The molecule has 6 rings (SSSR count). The van der Waals surface area contributed by atoms with Crippen molar-refractivity contribution in [3.05, 3.63) is 133 Å². The number of hydrogen-bond donors (Lipinski definition) is 2. The summed E-state index contributed by atoms with van der Waals surface area (Å²) in [5, 5.41) is 2.02. The van der Waals surface area contributed by atoms with Crippen LogP contribution < -0.4 is 11.5 Å². The number of ether oxygens (including phenoxy) is 2. The Morgan fingerprint density at radius 1 is 0.558 bits per heavy atom. The van der Waals surface area contributed by atoms with Crippen LogP contribution in [0.1, 0.15) is 17.5 Å². The van der Waals surface area contributed by atoms with Crippen LogP contribution in [0.3, 0.4) is 0 Å². The fourth-order valence-corrected chi connectivity index (χ4v) is 5.49. The van der Waals surface area contributed by atoms with Gasteiger partial charge in [-0.15, -0.1) is 0 Å². The molecule has 4 aromatic carbocycles. The molecule has 0 saturated heterocycles. The number of esters is 2. The standard InChI is InChI=1S/C35H32N4O4/c36-32(19-24-22-38(26-11-3-1-4-12-26)30-17-9-7-15-28(24)30)42-34(40)21-35(41)43-33(37)20-25-23-39(27-13-5-2-6-14-27)31-18-10-8-16-29(25)31/h1-18,22-23,32-33H,19-21,36-37H2. The van der Waals surface area contributed by atoms with Gasteiger partial charge >= 0.3 is 11.9 Å². The van der Waals surface area contributed by atoms with E-state index in [4.69, 9.17) is 20.9 Å². The Morgan fingerprint density at radius 2 is 0.930 bits per heavy atom. The van der Waals surface area contributed by atoms with Gasteiger partial charge in [-0.2, -0.15) is 0 Å². The monoisotopic (exact) mass is 572 g/mol. The van der Waals surface area contributed by atoms with Crippen LogP contribution in [0.25, 0.3) is 33.2 Å². The molecule has 8 heteroatoms. The molecule has 2 atom stereocenters. The van der Waals surface area contributed by atoms with Gasteiger partial charge in [0.1, 0.15) is 6.42 Å². The lowest BCUT2D eigenvalue weighted by atomic mass is 10.1. The molecular weight excluding hydrogens is 540 g/mol. The quantitative estimate of drug-likeness (QED) is 0.129. The minimum absolute atomic E-state index is 0.284. The summed E-state index contributed by atoms with van der Waals surface area (Å²) in [4.78, 5) is 25.1. The van der Waals surface area contributed by atoms with Crippen molar-refractivity contribution >= 4 is 33.7 Å². The van der Waals surface area contributed by atoms with Gasteiger partial charge in [0, 0.05) is 47.4 Å². The SMILES string of the molecule is NC(Cc1cn(-c2ccccc2)c2ccccc12)OC(=O)CC(=O)OC(N)Cc1cn(-c2ccccc2)c2ccccc12. The topological polar surface area (TPSA) is 114 Å². The van der Waals surface area contributed by atoms with Crippen molar-refractivity contribution in [3.63, 3.8) is 0 Å². The van der Waals surface area contributed by atoms with Crippen molar-refractivity contribution in [2.24, 2.45) is 11.5 Å². The average Bonchev–Trinajstić information content (AvgIpc) is 3.56. The van der Waals surface area contributed by atoms with Gasteiger partial charge in [-0.3, -0.25) is 21.1 Å². The first-order valence-electron chi connectivity index (χ1n) is 14.1. The third kappa shape index (κ3) is 6.21. The zero-order valence-corrected chi connectivity index (χ0v) is 23.5. The number of fused-ring (bicyclic) bond motifs is 2. The third-order valence-electron chi connectivity index (χ3n) is 7.35. The van der Waals surface area contributed by atoms with Crippen molar-refractivity contribution < 1.29 is 19.1 Å². The van der Waals surface area contributed by atoms with Gasteiger partial charge in [-0.05, 0) is 47.5 Å². The van der Waals surface area contributed by atoms with Crippen molar-refractivity contribution in [3.8, 4) is 11.4 Å². The number of nitrogens with zero attached hydrogens (tertiary/aromatic N) is 2. The van der Waals surface area contributed by atoms with E-state index in [0.717, 1.165) is 44.3 Å². The number of carbonyl (C=O) groups excluding carboxylic acids is 2. The smallest absolute Gasteiger partial charge is 0.318 e. The second-order valence-electron chi connectivity index (χ2n) is 10.4. The number of nitrogens with two attached hydrogens (primary N) is 2. The molecule has 0 aliphatic heterocycles. The summed E-state index contributed by atoms with van der Waals surface area (Å²) in [5.74, 6) is -1.53. The van der Waals surface area contributed by atoms with Crippen molar-refractivity contribution in [1.82, 2.24) is 9.13 Å². The Bertz CT molecular complexity index is 1740. The lowest BCUT2D eigenvalue weighted by molar-refractivity contribution is -0.159. The highest BCUT2D eigenvalue weighted by atomic mass is 16.6. The normalized spacial score (nSPS) is 12.7. The molecule has 0 fully saturated rings. The molecule has 0 radical (unpaired) electrons. The lowest BCUT2D eigenvalue weighted by Crippen LogP contribution is -2.33. The maximum atomic E-state index is 12.6. The fraction of sp³-hybridized carbons (Fsp3) is 0.143. The second kappa shape index (κ2) is 12.4. The number of rotatable bonds is 10. The number of para-hydroxylation sites is 4. The molecule has 4 N–H and O–H groups in total. The van der Waals surface area contributed by atoms with Crippen molar-refractivity contribution in [2.45, 2.75) is 31.7 Å². The highest BCUT2D eigenvalue weighted by Gasteiger charge is 2.21. The molecular formula is C35H32N4O4. The van der Waals surface area contributed by atoms with Crippen LogP contribution in [0.15, 0.2) is 122 Å². The largest absolute Gasteiger partial charge is 0.446 e. The van der Waals surface area contributed by atoms with Crippen LogP contribution >= 0.6 is 0 Å². The lowest BCUT2D eigenvalue weighted by Gasteiger charge is -2.15. The molecule has 0 bridgehead atoms. The molecule has 2 unspecified atom stereocenters. The molecule has 2 heterocycles. The third-order valence-corrected chi connectivity index (χ3v) is 7.35. The van der Waals surface area contributed by atoms with Gasteiger partial charge in [0.05, 0.1) is 11.0 Å². The van der Waals surface area contributed by atoms with Crippen LogP contribution in [0.2, 0.25) is 0 Å². The van der Waals surface area contributed by atoms with E-state index in [9.17, 15) is 9.59 Å². The Hall–Kier alpha value is -5.18. The number of carbonyl (C=O) groups is 2. The van der Waals surface area contributed by atoms with Gasteiger partial charge in [-0.1, -0.05) is 72.8 Å². The van der Waals surface area contributed by atoms with E-state index in [0.29, 0.717) is 0 Å². The predicted molar refractivity (Wildman–Crippen MR) is 167 cm³/mol. The molecule has 0 aliphatic carbocycles. The second-order valence-corrected chi connectivity index (χ2v) is 10.4. The van der Waals surface area contributed by atoms with E-state index in [1.54, 1.807) is 0 Å². The van der Waals surface area contributed by atoms with Gasteiger partial charge in [0.2, 0.25) is 0 Å². The van der Waals surface area contributed by atoms with Crippen molar-refractivity contribution in [1.29, 1.82) is 0 Å². The molecule has 216 valence electrons. The number of benzene rings is 4. The summed E-state index contributed by atoms with van der Waals surface area (Å²) in [6.45, 7) is 0. The van der Waals surface area contributed by atoms with Crippen LogP contribution in [0.5, 0.6) is 0 Å². The Labute approximate surface area is 249 Å². The maximum Gasteiger partial charge on any atom is 0.318 e. The van der Waals surface area contributed by atoms with Crippen LogP contribution in [0.4, 0.5) is 0 Å². The molecule has 0 amide bonds. The summed E-state index contributed by atoms with van der Waals surface area (Å²) in [5.41, 5.74) is 18.3. The Morgan fingerprint density at radius 3 is 1.35 bits per heavy atom. The molecule has 8 nitrogen and oxygen atoms in total. The highest BCUT2D eigenvalue weighted by Crippen LogP contribution is 2.27. The maximum absolute atomic E-state index is 12.6. The molecule has 0 aliphatic rings. The van der Waals surface area contributed by atoms with Crippen LogP contribution in [-0.4, -0.2) is 33.5 Å². The number of hydrogen-bond acceptors (Lipinski definition) is 6. The van der Waals surface area contributed by atoms with E-state index < -0.39 is 30.8 Å². The summed E-state index contributed by atoms with van der Waals surface area (Å²) in [7, 11) is 0. The fourth-order valence-electron chi connectivity index (χ4n) is 5.49. The first-order chi connectivity index (χ1) is 21.0. The molecule has 0 spiro atoms. The van der Waals surface area contributed by atoms with Gasteiger partial charge in [0.25, 0.3) is 0 Å². The molecule has 2 aromatic heterocycles. The van der Waals surface area contributed by atoms with E-state index in [2.05, 4.69) is 9.13 Å². The first kappa shape index (κ1) is 28.0. The Balaban J connectivity index is 1.06. The first-order valence-corrected chi connectivity index (χ1v) is 14.1. The Kier molecular flexibility index (Phi) is 8.04. The zero-order valence-electron chi connectivity index (χ0n) is 23.5. The summed E-state index contributed by atoms with van der Waals surface area (Å²) >= 11 is 0. The number of aromatic nitrogens is 2. The highest BCUT2D eigenvalue weighted by molar-refractivity contribution is 5.91. The minimum Gasteiger partial charge on any atom is -0.446 e. The predicted octanol–water partition coefficient (Wildman–Crippen LogP) is 5.41. The van der Waals surface area contributed by atoms with E-state index in [1.807, 2.05) is 122 Å². The van der Waals surface area contributed by atoms with E-state index >= 15 is 0 Å². The molecule has 43 heavy (non-hydrogen) atoms. The summed E-state index contributed by atoms with van der Waals surface area (Å²) in [6.07, 6.45) is 2.10. The zero-order chi connectivity index (χ0) is 29.8. The van der Waals surface area contributed by atoms with Gasteiger partial charge < -0.3 is 18.6 Å². The van der Waals surface area contributed by atoms with Crippen LogP contribution in [-0.2, 0) is 31.9 Å².